The fourth-order valence-electron chi connectivity index (χ4n) is 2.89. The summed E-state index contributed by atoms with van der Waals surface area (Å²) >= 11 is 0. The first-order valence-corrected chi connectivity index (χ1v) is 9.27. The molecule has 2 heterocycles. The van der Waals surface area contributed by atoms with Gasteiger partial charge in [-0.1, -0.05) is 0 Å². The summed E-state index contributed by atoms with van der Waals surface area (Å²) in [6, 6.07) is 5.37. The molecule has 1 aromatic carbocycles. The highest BCUT2D eigenvalue weighted by Crippen LogP contribution is 2.28. The van der Waals surface area contributed by atoms with E-state index in [1.807, 2.05) is 13.0 Å². The van der Waals surface area contributed by atoms with Crippen LogP contribution in [0.4, 0.5) is 0 Å². The fraction of sp³-hybridized carbons (Fsp3) is 0.438. The molecule has 2 aromatic rings. The number of benzene rings is 1. The molecular formula is C16H19NO5S. The second kappa shape index (κ2) is 5.88. The van der Waals surface area contributed by atoms with E-state index in [0.29, 0.717) is 24.3 Å². The number of fused-ring (bicyclic) bond motifs is 1. The maximum absolute atomic E-state index is 12.3. The molecule has 124 valence electrons. The Balaban J connectivity index is 1.75. The lowest BCUT2D eigenvalue weighted by atomic mass is 10.1. The lowest BCUT2D eigenvalue weighted by Crippen LogP contribution is -2.29. The number of ether oxygens (including phenoxy) is 1. The van der Waals surface area contributed by atoms with Gasteiger partial charge in [-0.15, -0.1) is 0 Å². The number of aryl methyl sites for hydroxylation is 1. The van der Waals surface area contributed by atoms with Gasteiger partial charge in [0.05, 0.1) is 18.6 Å². The zero-order chi connectivity index (χ0) is 16.6. The summed E-state index contributed by atoms with van der Waals surface area (Å²) in [4.78, 5) is 12.3. The molecule has 0 aliphatic carbocycles. The second-order valence-electron chi connectivity index (χ2n) is 5.90. The van der Waals surface area contributed by atoms with Gasteiger partial charge >= 0.3 is 0 Å². The Morgan fingerprint density at radius 2 is 2.22 bits per heavy atom. The standard InChI is InChI=1S/C16H19NO5S/c1-10-13-7-12(21-2)3-4-14(13)22-15(10)16(18)17-8-11-5-6-23(19,20)9-11/h3-4,7,11H,5-6,8-9H2,1-2H3,(H,17,18)/t11-/m0/s1. The van der Waals surface area contributed by atoms with Crippen LogP contribution in [0.25, 0.3) is 11.0 Å². The van der Waals surface area contributed by atoms with Crippen molar-refractivity contribution in [2.75, 3.05) is 25.2 Å². The quantitative estimate of drug-likeness (QED) is 0.921. The maximum atomic E-state index is 12.3. The molecule has 1 aliphatic heterocycles. The van der Waals surface area contributed by atoms with Gasteiger partial charge in [-0.2, -0.15) is 0 Å². The summed E-state index contributed by atoms with van der Waals surface area (Å²) in [5.74, 6) is 0.968. The Morgan fingerprint density at radius 1 is 1.43 bits per heavy atom. The first-order chi connectivity index (χ1) is 10.9. The summed E-state index contributed by atoms with van der Waals surface area (Å²) in [5, 5.41) is 3.61. The maximum Gasteiger partial charge on any atom is 0.287 e. The van der Waals surface area contributed by atoms with Gasteiger partial charge in [0, 0.05) is 17.5 Å². The lowest BCUT2D eigenvalue weighted by molar-refractivity contribution is 0.0922. The van der Waals surface area contributed by atoms with Crippen LogP contribution >= 0.6 is 0 Å². The van der Waals surface area contributed by atoms with E-state index in [-0.39, 0.29) is 29.1 Å². The number of methoxy groups -OCH3 is 1. The van der Waals surface area contributed by atoms with E-state index in [0.717, 1.165) is 10.9 Å². The van der Waals surface area contributed by atoms with Crippen molar-refractivity contribution in [3.05, 3.63) is 29.5 Å². The first kappa shape index (κ1) is 15.9. The monoisotopic (exact) mass is 337 g/mol. The van der Waals surface area contributed by atoms with Gasteiger partial charge in [-0.25, -0.2) is 8.42 Å². The van der Waals surface area contributed by atoms with Crippen LogP contribution < -0.4 is 10.1 Å². The average Bonchev–Trinajstić information content (AvgIpc) is 3.04. The van der Waals surface area contributed by atoms with E-state index >= 15 is 0 Å². The van der Waals surface area contributed by atoms with E-state index < -0.39 is 9.84 Å². The normalized spacial score (nSPS) is 19.8. The summed E-state index contributed by atoms with van der Waals surface area (Å²) in [6.45, 7) is 2.16. The zero-order valence-corrected chi connectivity index (χ0v) is 13.9. The predicted octanol–water partition coefficient (Wildman–Crippen LogP) is 1.91. The molecule has 0 bridgehead atoms. The number of hydrogen-bond donors (Lipinski definition) is 1. The molecule has 0 saturated carbocycles. The highest BCUT2D eigenvalue weighted by Gasteiger charge is 2.28. The van der Waals surface area contributed by atoms with Crippen LogP contribution in [-0.2, 0) is 9.84 Å². The Hall–Kier alpha value is -2.02. The number of furan rings is 1. The van der Waals surface area contributed by atoms with Crippen molar-refractivity contribution in [3.63, 3.8) is 0 Å². The average molecular weight is 337 g/mol. The van der Waals surface area contributed by atoms with E-state index in [1.165, 1.54) is 0 Å². The molecule has 1 aliphatic rings. The first-order valence-electron chi connectivity index (χ1n) is 7.45. The lowest BCUT2D eigenvalue weighted by Gasteiger charge is -2.08. The molecule has 0 unspecified atom stereocenters. The Labute approximate surface area is 134 Å². The minimum absolute atomic E-state index is 0.0197. The van der Waals surface area contributed by atoms with Crippen molar-refractivity contribution >= 4 is 26.7 Å². The van der Waals surface area contributed by atoms with Crippen LogP contribution in [0.3, 0.4) is 0 Å². The fourth-order valence-corrected chi connectivity index (χ4v) is 4.76. The molecule has 7 heteroatoms. The van der Waals surface area contributed by atoms with Crippen LogP contribution in [-0.4, -0.2) is 39.5 Å². The molecule has 1 atom stereocenters. The predicted molar refractivity (Wildman–Crippen MR) is 86.6 cm³/mol. The van der Waals surface area contributed by atoms with Crippen molar-refractivity contribution in [1.29, 1.82) is 0 Å². The number of carbonyl (C=O) groups excluding carboxylic acids is 1. The van der Waals surface area contributed by atoms with Crippen molar-refractivity contribution in [2.45, 2.75) is 13.3 Å². The van der Waals surface area contributed by atoms with E-state index in [9.17, 15) is 13.2 Å². The number of nitrogens with one attached hydrogen (secondary N) is 1. The number of sulfone groups is 1. The van der Waals surface area contributed by atoms with Crippen LogP contribution in [0.1, 0.15) is 22.5 Å². The smallest absolute Gasteiger partial charge is 0.287 e. The van der Waals surface area contributed by atoms with Gasteiger partial charge in [0.15, 0.2) is 15.6 Å². The largest absolute Gasteiger partial charge is 0.497 e. The van der Waals surface area contributed by atoms with Crippen molar-refractivity contribution < 1.29 is 22.4 Å². The van der Waals surface area contributed by atoms with Crippen LogP contribution in [0, 0.1) is 12.8 Å². The number of hydrogen-bond acceptors (Lipinski definition) is 5. The van der Waals surface area contributed by atoms with E-state index in [1.54, 1.807) is 19.2 Å². The Morgan fingerprint density at radius 3 is 2.87 bits per heavy atom. The minimum Gasteiger partial charge on any atom is -0.497 e. The van der Waals surface area contributed by atoms with E-state index in [2.05, 4.69) is 5.32 Å². The molecule has 0 spiro atoms. The van der Waals surface area contributed by atoms with Gasteiger partial charge in [0.1, 0.15) is 11.3 Å². The van der Waals surface area contributed by atoms with Gasteiger partial charge in [0.2, 0.25) is 0 Å². The Kier molecular flexibility index (Phi) is 4.06. The molecule has 0 radical (unpaired) electrons. The molecule has 3 rings (SSSR count). The third kappa shape index (κ3) is 3.19. The summed E-state index contributed by atoms with van der Waals surface area (Å²) in [7, 11) is -1.35. The van der Waals surface area contributed by atoms with Crippen LogP contribution in [0.15, 0.2) is 22.6 Å². The molecule has 6 nitrogen and oxygen atoms in total. The third-order valence-corrected chi connectivity index (χ3v) is 6.06. The zero-order valence-electron chi connectivity index (χ0n) is 13.1. The van der Waals surface area contributed by atoms with Crippen LogP contribution in [0.5, 0.6) is 5.75 Å². The molecule has 1 saturated heterocycles. The Bertz CT molecular complexity index is 853. The molecule has 1 fully saturated rings. The van der Waals surface area contributed by atoms with Crippen molar-refractivity contribution in [3.8, 4) is 5.75 Å². The highest BCUT2D eigenvalue weighted by atomic mass is 32.2. The summed E-state index contributed by atoms with van der Waals surface area (Å²) < 4.78 is 33.7. The molecule has 23 heavy (non-hydrogen) atoms. The van der Waals surface area contributed by atoms with Crippen LogP contribution in [0.2, 0.25) is 0 Å². The van der Waals surface area contributed by atoms with Gasteiger partial charge in [-0.05, 0) is 37.5 Å². The summed E-state index contributed by atoms with van der Waals surface area (Å²) in [6.07, 6.45) is 0.596. The minimum atomic E-state index is -2.93. The number of carbonyl (C=O) groups is 1. The van der Waals surface area contributed by atoms with Gasteiger partial charge < -0.3 is 14.5 Å². The summed E-state index contributed by atoms with van der Waals surface area (Å²) in [5.41, 5.74) is 1.37. The van der Waals surface area contributed by atoms with Gasteiger partial charge in [0.25, 0.3) is 5.91 Å². The van der Waals surface area contributed by atoms with Crippen molar-refractivity contribution in [2.24, 2.45) is 5.92 Å². The molecular weight excluding hydrogens is 318 g/mol. The second-order valence-corrected chi connectivity index (χ2v) is 8.13. The topological polar surface area (TPSA) is 85.6 Å². The molecule has 1 amide bonds. The SMILES string of the molecule is COc1ccc2oc(C(=O)NC[C@@H]3CCS(=O)(=O)C3)c(C)c2c1. The van der Waals surface area contributed by atoms with E-state index in [4.69, 9.17) is 9.15 Å². The number of amides is 1. The molecule has 1 aromatic heterocycles. The highest BCUT2D eigenvalue weighted by molar-refractivity contribution is 7.91. The van der Waals surface area contributed by atoms with Gasteiger partial charge in [-0.3, -0.25) is 4.79 Å². The number of rotatable bonds is 4. The third-order valence-electron chi connectivity index (χ3n) is 4.23. The molecule has 1 N–H and O–H groups in total. The van der Waals surface area contributed by atoms with Crippen molar-refractivity contribution in [1.82, 2.24) is 5.32 Å².